The molecule has 1 aliphatic carbocycles. The fourth-order valence-corrected chi connectivity index (χ4v) is 4.95. The van der Waals surface area contributed by atoms with Gasteiger partial charge in [-0.2, -0.15) is 0 Å². The van der Waals surface area contributed by atoms with E-state index in [0.717, 1.165) is 22.5 Å². The third-order valence-electron chi connectivity index (χ3n) is 6.42. The summed E-state index contributed by atoms with van der Waals surface area (Å²) in [5.74, 6) is 0.936. The van der Waals surface area contributed by atoms with Gasteiger partial charge in [-0.25, -0.2) is 4.79 Å². The largest absolute Gasteiger partial charge is 0.444 e. The van der Waals surface area contributed by atoms with Crippen LogP contribution in [0.3, 0.4) is 0 Å². The second-order valence-electron chi connectivity index (χ2n) is 10.3. The summed E-state index contributed by atoms with van der Waals surface area (Å²) in [6, 6.07) is 16.6. The van der Waals surface area contributed by atoms with Crippen LogP contribution in [0.15, 0.2) is 48.5 Å². The van der Waals surface area contributed by atoms with Crippen molar-refractivity contribution in [2.45, 2.75) is 71.7 Å². The van der Waals surface area contributed by atoms with Gasteiger partial charge in [0.15, 0.2) is 0 Å². The Balaban J connectivity index is 1.54. The highest BCUT2D eigenvalue weighted by Crippen LogP contribution is 2.49. The number of amides is 2. The summed E-state index contributed by atoms with van der Waals surface area (Å²) in [4.78, 5) is 26.7. The van der Waals surface area contributed by atoms with Gasteiger partial charge in [-0.05, 0) is 68.9 Å². The number of benzene rings is 2. The van der Waals surface area contributed by atoms with Gasteiger partial charge >= 0.3 is 6.09 Å². The van der Waals surface area contributed by atoms with Crippen molar-refractivity contribution in [3.63, 3.8) is 0 Å². The first-order chi connectivity index (χ1) is 15.6. The molecular formula is C27H35N3O3. The van der Waals surface area contributed by atoms with E-state index in [1.165, 1.54) is 12.8 Å². The lowest BCUT2D eigenvalue weighted by atomic mass is 9.80. The van der Waals surface area contributed by atoms with Gasteiger partial charge in [-0.15, -0.1) is 0 Å². The Bertz CT molecular complexity index is 1030. The van der Waals surface area contributed by atoms with Crippen LogP contribution in [-0.4, -0.2) is 23.6 Å². The molecule has 0 saturated heterocycles. The highest BCUT2D eigenvalue weighted by molar-refractivity contribution is 5.94. The Morgan fingerprint density at radius 3 is 2.48 bits per heavy atom. The topological polar surface area (TPSA) is 70.7 Å². The summed E-state index contributed by atoms with van der Waals surface area (Å²) < 4.78 is 5.34. The zero-order chi connectivity index (χ0) is 23.8. The highest BCUT2D eigenvalue weighted by Gasteiger charge is 2.47. The van der Waals surface area contributed by atoms with E-state index in [4.69, 9.17) is 4.74 Å². The number of carbonyl (C=O) groups is 2. The molecular weight excluding hydrogens is 414 g/mol. The average molecular weight is 450 g/mol. The monoisotopic (exact) mass is 449 g/mol. The van der Waals surface area contributed by atoms with E-state index in [1.807, 2.05) is 49.9 Å². The Labute approximate surface area is 196 Å². The van der Waals surface area contributed by atoms with Crippen molar-refractivity contribution in [2.75, 3.05) is 10.2 Å². The summed E-state index contributed by atoms with van der Waals surface area (Å²) in [7, 11) is 0. The fourth-order valence-electron chi connectivity index (χ4n) is 4.95. The van der Waals surface area contributed by atoms with Crippen molar-refractivity contribution in [1.82, 2.24) is 5.32 Å². The standard InChI is InChI=1S/C27H35N3O3/c1-17-24(22-11-6-7-12-23(22)30(18(2)31)25(17)20-13-14-20)29-21-10-8-9-19(15-21)16-28-26(32)33-27(3,4)5/h6-12,15,17,20,24-25,29H,13-14,16H2,1-5H3,(H,28,32)/t17-,24-,25+/m1/s1. The van der Waals surface area contributed by atoms with Gasteiger partial charge in [-0.1, -0.05) is 37.3 Å². The average Bonchev–Trinajstić information content (AvgIpc) is 3.58. The molecule has 1 saturated carbocycles. The molecule has 0 aromatic heterocycles. The van der Waals surface area contributed by atoms with E-state index < -0.39 is 11.7 Å². The van der Waals surface area contributed by atoms with Gasteiger partial charge in [-0.3, -0.25) is 4.79 Å². The molecule has 0 spiro atoms. The normalized spacial score (nSPS) is 22.3. The van der Waals surface area contributed by atoms with E-state index in [-0.39, 0.29) is 23.9 Å². The number of nitrogens with zero attached hydrogens (tertiary/aromatic N) is 1. The van der Waals surface area contributed by atoms with E-state index in [2.05, 4.69) is 41.8 Å². The van der Waals surface area contributed by atoms with Crippen molar-refractivity contribution in [1.29, 1.82) is 0 Å². The van der Waals surface area contributed by atoms with Gasteiger partial charge in [0.25, 0.3) is 0 Å². The van der Waals surface area contributed by atoms with Crippen molar-refractivity contribution < 1.29 is 14.3 Å². The molecule has 2 aliphatic rings. The van der Waals surface area contributed by atoms with E-state index in [1.54, 1.807) is 6.92 Å². The number of hydrogen-bond acceptors (Lipinski definition) is 4. The number of ether oxygens (including phenoxy) is 1. The molecule has 1 aliphatic heterocycles. The minimum atomic E-state index is -0.524. The molecule has 0 radical (unpaired) electrons. The summed E-state index contributed by atoms with van der Waals surface area (Å²) in [6.45, 7) is 9.87. The van der Waals surface area contributed by atoms with Gasteiger partial charge in [0.2, 0.25) is 5.91 Å². The lowest BCUT2D eigenvalue weighted by Gasteiger charge is -2.46. The summed E-state index contributed by atoms with van der Waals surface area (Å²) in [6.07, 6.45) is 1.94. The molecule has 176 valence electrons. The molecule has 33 heavy (non-hydrogen) atoms. The molecule has 6 nitrogen and oxygen atoms in total. The summed E-state index contributed by atoms with van der Waals surface area (Å²) in [5.41, 5.74) is 3.63. The van der Waals surface area contributed by atoms with Gasteiger partial charge < -0.3 is 20.3 Å². The Kier molecular flexibility index (Phi) is 6.37. The minimum absolute atomic E-state index is 0.0939. The zero-order valence-electron chi connectivity index (χ0n) is 20.2. The molecule has 0 bridgehead atoms. The lowest BCUT2D eigenvalue weighted by molar-refractivity contribution is -0.117. The number of hydrogen-bond donors (Lipinski definition) is 2. The van der Waals surface area contributed by atoms with Crippen LogP contribution in [0.25, 0.3) is 0 Å². The number of para-hydroxylation sites is 1. The van der Waals surface area contributed by atoms with Gasteiger partial charge in [0.1, 0.15) is 5.60 Å². The summed E-state index contributed by atoms with van der Waals surface area (Å²) in [5, 5.41) is 6.57. The quantitative estimate of drug-likeness (QED) is 0.619. The number of rotatable bonds is 5. The smallest absolute Gasteiger partial charge is 0.407 e. The number of carbonyl (C=O) groups excluding carboxylic acids is 2. The first kappa shape index (κ1) is 23.1. The second kappa shape index (κ2) is 9.08. The number of anilines is 2. The number of fused-ring (bicyclic) bond motifs is 1. The molecule has 2 N–H and O–H groups in total. The SMILES string of the molecule is CC(=O)N1c2ccccc2[C@H](Nc2cccc(CNC(=O)OC(C)(C)C)c2)[C@@H](C)[C@H]1C1CC1. The highest BCUT2D eigenvalue weighted by atomic mass is 16.6. The van der Waals surface area contributed by atoms with Crippen LogP contribution < -0.4 is 15.5 Å². The van der Waals surface area contributed by atoms with Gasteiger partial charge in [0, 0.05) is 36.8 Å². The molecule has 1 fully saturated rings. The van der Waals surface area contributed by atoms with Crippen molar-refractivity contribution in [2.24, 2.45) is 11.8 Å². The molecule has 4 rings (SSSR count). The fraction of sp³-hybridized carbons (Fsp3) is 0.481. The van der Waals surface area contributed by atoms with Gasteiger partial charge in [0.05, 0.1) is 6.04 Å². The second-order valence-corrected chi connectivity index (χ2v) is 10.3. The van der Waals surface area contributed by atoms with Crippen LogP contribution in [-0.2, 0) is 16.1 Å². The first-order valence-corrected chi connectivity index (χ1v) is 11.8. The zero-order valence-corrected chi connectivity index (χ0v) is 20.2. The molecule has 0 unspecified atom stereocenters. The third kappa shape index (κ3) is 5.32. The lowest BCUT2D eigenvalue weighted by Crippen LogP contribution is -2.51. The predicted molar refractivity (Wildman–Crippen MR) is 131 cm³/mol. The summed E-state index contributed by atoms with van der Waals surface area (Å²) >= 11 is 0. The van der Waals surface area contributed by atoms with Crippen LogP contribution in [0.5, 0.6) is 0 Å². The number of alkyl carbamates (subject to hydrolysis) is 1. The van der Waals surface area contributed by atoms with Crippen LogP contribution >= 0.6 is 0 Å². The molecule has 2 aromatic carbocycles. The Morgan fingerprint density at radius 1 is 1.09 bits per heavy atom. The maximum atomic E-state index is 12.6. The molecule has 2 aromatic rings. The van der Waals surface area contributed by atoms with Crippen LogP contribution in [0, 0.1) is 11.8 Å². The van der Waals surface area contributed by atoms with Crippen LogP contribution in [0.1, 0.15) is 64.6 Å². The van der Waals surface area contributed by atoms with Crippen molar-refractivity contribution in [3.05, 3.63) is 59.7 Å². The Morgan fingerprint density at radius 2 is 1.82 bits per heavy atom. The van der Waals surface area contributed by atoms with Crippen molar-refractivity contribution >= 4 is 23.4 Å². The molecule has 6 heteroatoms. The molecule has 3 atom stereocenters. The molecule has 1 heterocycles. The predicted octanol–water partition coefficient (Wildman–Crippen LogP) is 5.65. The maximum Gasteiger partial charge on any atom is 0.407 e. The Hall–Kier alpha value is -3.02. The minimum Gasteiger partial charge on any atom is -0.444 e. The first-order valence-electron chi connectivity index (χ1n) is 11.8. The van der Waals surface area contributed by atoms with E-state index >= 15 is 0 Å². The van der Waals surface area contributed by atoms with Crippen LogP contribution in [0.2, 0.25) is 0 Å². The third-order valence-corrected chi connectivity index (χ3v) is 6.42. The van der Waals surface area contributed by atoms with E-state index in [0.29, 0.717) is 12.5 Å². The van der Waals surface area contributed by atoms with Crippen LogP contribution in [0.4, 0.5) is 16.2 Å². The van der Waals surface area contributed by atoms with Crippen molar-refractivity contribution in [3.8, 4) is 0 Å². The van der Waals surface area contributed by atoms with E-state index in [9.17, 15) is 9.59 Å². The number of nitrogens with one attached hydrogen (secondary N) is 2. The molecule has 2 amide bonds. The maximum absolute atomic E-state index is 12.6.